The van der Waals surface area contributed by atoms with Gasteiger partial charge in [0.25, 0.3) is 0 Å². The molecule has 0 aromatic rings. The molecule has 0 saturated heterocycles. The first kappa shape index (κ1) is 21.1. The molecule has 0 saturated carbocycles. The fourth-order valence-corrected chi connectivity index (χ4v) is 8.49. The number of sulfonamides is 2. The van der Waals surface area contributed by atoms with E-state index in [9.17, 15) is 30.0 Å². The molecule has 5 nitrogen and oxygen atoms in total. The molecule has 0 rings (SSSR count). The van der Waals surface area contributed by atoms with Gasteiger partial charge in [-0.05, 0) is 0 Å². The average molecular weight is 373 g/mol. The molecule has 0 aliphatic rings. The van der Waals surface area contributed by atoms with Gasteiger partial charge in [0.05, 0.1) is 0 Å². The second-order valence-corrected chi connectivity index (χ2v) is 14.4. The quantitative estimate of drug-likeness (QED) is 0.627. The molecule has 0 unspecified atom stereocenters. The van der Waals surface area contributed by atoms with Gasteiger partial charge in [-0.2, -0.15) is 0 Å². The van der Waals surface area contributed by atoms with Gasteiger partial charge in [-0.1, -0.05) is 0 Å². The maximum atomic E-state index is 12.1. The summed E-state index contributed by atoms with van der Waals surface area (Å²) in [6.07, 6.45) is 3.73. The van der Waals surface area contributed by atoms with Crippen LogP contribution in [0.15, 0.2) is 0 Å². The number of halogens is 3. The van der Waals surface area contributed by atoms with Gasteiger partial charge in [-0.3, -0.25) is 0 Å². The Morgan fingerprint density at radius 3 is 1.71 bits per heavy atom. The zero-order valence-electron chi connectivity index (χ0n) is 12.3. The standard InChI is InChI=1S/C10H23F3NO4PS2/c1-4-19(5-2,6-3)8-7-9-20(15,16)14-21(17,18)10(11,12)13/h14,19H,4-9H2,1-3H3. The summed E-state index contributed by atoms with van der Waals surface area (Å²) in [5.74, 6) is -0.614. The molecule has 0 heterocycles. The van der Waals surface area contributed by atoms with Gasteiger partial charge >= 0.3 is 125 Å². The van der Waals surface area contributed by atoms with Crippen LogP contribution in [-0.4, -0.2) is 52.7 Å². The fraction of sp³-hybridized carbons (Fsp3) is 1.00. The molecule has 0 amide bonds. The Balaban J connectivity index is 4.74. The van der Waals surface area contributed by atoms with Crippen LogP contribution in [0.5, 0.6) is 0 Å². The van der Waals surface area contributed by atoms with Crippen LogP contribution < -0.4 is 4.13 Å². The van der Waals surface area contributed by atoms with Crippen LogP contribution in [0.3, 0.4) is 0 Å². The van der Waals surface area contributed by atoms with Crippen LogP contribution in [0, 0.1) is 0 Å². The molecule has 0 aromatic carbocycles. The molecule has 0 aliphatic carbocycles. The van der Waals surface area contributed by atoms with Gasteiger partial charge in [0.1, 0.15) is 0 Å². The molecule has 1 N–H and O–H groups in total. The van der Waals surface area contributed by atoms with Crippen LogP contribution in [0.1, 0.15) is 27.2 Å². The minimum atomic E-state index is -5.86. The number of rotatable bonds is 9. The zero-order valence-corrected chi connectivity index (χ0v) is 15.0. The van der Waals surface area contributed by atoms with Crippen molar-refractivity contribution < 1.29 is 30.0 Å². The molecular formula is C10H23F3NO4PS2. The molecule has 0 atom stereocenters. The first-order valence-electron chi connectivity index (χ1n) is 6.67. The SMILES string of the molecule is CC[PH](CC)(CC)CCCS(=O)(=O)NS(=O)(=O)C(F)(F)F. The van der Waals surface area contributed by atoms with Crippen molar-refractivity contribution >= 4 is 27.3 Å². The van der Waals surface area contributed by atoms with E-state index in [0.717, 1.165) is 22.6 Å². The molecule has 0 aliphatic heterocycles. The summed E-state index contributed by atoms with van der Waals surface area (Å²) in [4.78, 5) is 0. The van der Waals surface area contributed by atoms with E-state index in [0.29, 0.717) is 6.16 Å². The summed E-state index contributed by atoms with van der Waals surface area (Å²) in [5.41, 5.74) is -5.63. The first-order valence-corrected chi connectivity index (χ1v) is 12.6. The molecule has 130 valence electrons. The second-order valence-electron chi connectivity index (χ2n) is 5.02. The average Bonchev–Trinajstić information content (AvgIpc) is 2.32. The molecule has 21 heavy (non-hydrogen) atoms. The van der Waals surface area contributed by atoms with Crippen molar-refractivity contribution in [2.45, 2.75) is 32.7 Å². The van der Waals surface area contributed by atoms with Crippen molar-refractivity contribution in [3.05, 3.63) is 0 Å². The molecular weight excluding hydrogens is 350 g/mol. The topological polar surface area (TPSA) is 80.3 Å². The van der Waals surface area contributed by atoms with Crippen LogP contribution in [0.4, 0.5) is 13.2 Å². The third-order valence-electron chi connectivity index (χ3n) is 3.91. The predicted molar refractivity (Wildman–Crippen MR) is 81.3 cm³/mol. The Morgan fingerprint density at radius 2 is 1.38 bits per heavy atom. The summed E-state index contributed by atoms with van der Waals surface area (Å²) in [6.45, 7) is 6.08. The van der Waals surface area contributed by atoms with Gasteiger partial charge in [0.2, 0.25) is 0 Å². The second kappa shape index (κ2) is 7.57. The Kier molecular flexibility index (Phi) is 7.60. The Morgan fingerprint density at radius 1 is 0.952 bits per heavy atom. The van der Waals surface area contributed by atoms with E-state index >= 15 is 0 Å². The minimum absolute atomic E-state index is 0.171. The summed E-state index contributed by atoms with van der Waals surface area (Å²) in [5, 5.41) is 0. The molecule has 0 bridgehead atoms. The van der Waals surface area contributed by atoms with Gasteiger partial charge in [0.15, 0.2) is 0 Å². The predicted octanol–water partition coefficient (Wildman–Crippen LogP) is 1.96. The number of alkyl halides is 3. The van der Waals surface area contributed by atoms with Crippen LogP contribution in [0.25, 0.3) is 0 Å². The third kappa shape index (κ3) is 6.38. The normalized spacial score (nSPS) is 15.1. The summed E-state index contributed by atoms with van der Waals surface area (Å²) in [6, 6.07) is 0. The molecule has 0 spiro atoms. The van der Waals surface area contributed by atoms with Crippen molar-refractivity contribution in [3.63, 3.8) is 0 Å². The van der Waals surface area contributed by atoms with E-state index in [1.165, 1.54) is 0 Å². The maximum absolute atomic E-state index is 12.1. The van der Waals surface area contributed by atoms with Crippen molar-refractivity contribution in [2.24, 2.45) is 0 Å². The van der Waals surface area contributed by atoms with E-state index < -0.39 is 38.6 Å². The molecule has 0 fully saturated rings. The van der Waals surface area contributed by atoms with E-state index in [4.69, 9.17) is 0 Å². The molecule has 0 radical (unpaired) electrons. The van der Waals surface area contributed by atoms with E-state index in [2.05, 4.69) is 0 Å². The number of hydrogen-bond acceptors (Lipinski definition) is 4. The van der Waals surface area contributed by atoms with E-state index in [1.54, 1.807) is 0 Å². The van der Waals surface area contributed by atoms with Crippen molar-refractivity contribution in [1.29, 1.82) is 0 Å². The molecule has 0 aromatic heterocycles. The van der Waals surface area contributed by atoms with Crippen LogP contribution in [0.2, 0.25) is 0 Å². The zero-order chi connectivity index (χ0) is 16.9. The Labute approximate surface area is 125 Å². The first-order chi connectivity index (χ1) is 9.35. The van der Waals surface area contributed by atoms with Crippen LogP contribution >= 0.6 is 7.26 Å². The fourth-order valence-electron chi connectivity index (χ4n) is 2.17. The van der Waals surface area contributed by atoms with E-state index in [-0.39, 0.29) is 6.42 Å². The number of nitrogens with one attached hydrogen (secondary N) is 1. The summed E-state index contributed by atoms with van der Waals surface area (Å²) in [7, 11) is -11.9. The van der Waals surface area contributed by atoms with Crippen molar-refractivity contribution in [1.82, 2.24) is 4.13 Å². The monoisotopic (exact) mass is 373 g/mol. The van der Waals surface area contributed by atoms with Gasteiger partial charge in [-0.25, -0.2) is 0 Å². The van der Waals surface area contributed by atoms with Crippen molar-refractivity contribution in [3.8, 4) is 0 Å². The summed E-state index contributed by atoms with van der Waals surface area (Å²) < 4.78 is 81.7. The van der Waals surface area contributed by atoms with Gasteiger partial charge in [0, 0.05) is 0 Å². The Bertz CT molecular complexity index is 519. The van der Waals surface area contributed by atoms with Crippen molar-refractivity contribution in [2.75, 3.05) is 30.4 Å². The number of hydrogen-bond donors (Lipinski definition) is 1. The van der Waals surface area contributed by atoms with Crippen LogP contribution in [-0.2, 0) is 20.0 Å². The van der Waals surface area contributed by atoms with E-state index in [1.807, 2.05) is 20.8 Å². The summed E-state index contributed by atoms with van der Waals surface area (Å²) >= 11 is 0. The van der Waals surface area contributed by atoms with Gasteiger partial charge in [-0.15, -0.1) is 0 Å². The Hall–Kier alpha value is 0.0800. The third-order valence-corrected chi connectivity index (χ3v) is 13.2. The molecule has 11 heteroatoms. The van der Waals surface area contributed by atoms with Gasteiger partial charge < -0.3 is 0 Å².